The van der Waals surface area contributed by atoms with Crippen molar-refractivity contribution in [1.82, 2.24) is 0 Å². The van der Waals surface area contributed by atoms with E-state index < -0.39 is 0 Å². The van der Waals surface area contributed by atoms with E-state index in [1.54, 1.807) is 11.1 Å². The van der Waals surface area contributed by atoms with Gasteiger partial charge in [0.15, 0.2) is 0 Å². The summed E-state index contributed by atoms with van der Waals surface area (Å²) < 4.78 is 4.94. The Morgan fingerprint density at radius 2 is 1.91 bits per heavy atom. The number of benzene rings is 1. The van der Waals surface area contributed by atoms with Gasteiger partial charge in [-0.1, -0.05) is 69.6 Å². The predicted octanol–water partition coefficient (Wildman–Crippen LogP) is 5.61. The third-order valence-corrected chi connectivity index (χ3v) is 8.51. The Kier molecular flexibility index (Phi) is 3.21. The normalized spacial score (nSPS) is 42.1. The smallest absolute Gasteiger partial charge is 0.0236 e. The van der Waals surface area contributed by atoms with Crippen molar-refractivity contribution in [3.8, 4) is 0 Å². The zero-order valence-electron chi connectivity index (χ0n) is 12.9. The Labute approximate surface area is 143 Å². The third-order valence-electron chi connectivity index (χ3n) is 6.96. The topological polar surface area (TPSA) is 0 Å². The summed E-state index contributed by atoms with van der Waals surface area (Å²) in [5.74, 6) is 3.95. The van der Waals surface area contributed by atoms with Crippen LogP contribution in [0.4, 0.5) is 0 Å². The number of halogens is 1. The summed E-state index contributed by atoms with van der Waals surface area (Å²) in [5.41, 5.74) is 3.55. The van der Waals surface area contributed by atoms with Crippen LogP contribution in [-0.4, -0.2) is 4.01 Å². The van der Waals surface area contributed by atoms with E-state index in [1.807, 2.05) is 0 Å². The summed E-state index contributed by atoms with van der Waals surface area (Å²) in [6.45, 7) is 0. The molecule has 5 unspecified atom stereocenters. The molecule has 0 N–H and O–H groups in total. The van der Waals surface area contributed by atoms with Gasteiger partial charge in [-0.05, 0) is 68.6 Å². The molecule has 22 heavy (non-hydrogen) atoms. The van der Waals surface area contributed by atoms with Gasteiger partial charge in [0.05, 0.1) is 0 Å². The maximum Gasteiger partial charge on any atom is 0.0236 e. The Morgan fingerprint density at radius 3 is 2.73 bits per heavy atom. The molecule has 0 amide bonds. The Balaban J connectivity index is 1.67. The van der Waals surface area contributed by atoms with Gasteiger partial charge in [0, 0.05) is 5.41 Å². The van der Waals surface area contributed by atoms with Gasteiger partial charge in [0.2, 0.25) is 0 Å². The second-order valence-corrected chi connectivity index (χ2v) is 9.73. The molecular weight excluding hydrogens is 379 g/mol. The van der Waals surface area contributed by atoms with Gasteiger partial charge < -0.3 is 0 Å². The van der Waals surface area contributed by atoms with E-state index in [4.69, 9.17) is 0 Å². The number of allylic oxidation sites excluding steroid dienone is 3. The van der Waals surface area contributed by atoms with Gasteiger partial charge in [-0.15, -0.1) is 0 Å². The van der Waals surface area contributed by atoms with Crippen molar-refractivity contribution in [3.63, 3.8) is 0 Å². The van der Waals surface area contributed by atoms with Crippen LogP contribution in [-0.2, 0) is 5.41 Å². The number of hydrogen-bond donors (Lipinski definition) is 0. The molecule has 114 valence electrons. The van der Waals surface area contributed by atoms with Crippen molar-refractivity contribution < 1.29 is 0 Å². The molecule has 0 saturated heterocycles. The fourth-order valence-electron chi connectivity index (χ4n) is 6.31. The lowest BCUT2D eigenvalue weighted by Gasteiger charge is -2.45. The first kappa shape index (κ1) is 13.7. The van der Waals surface area contributed by atoms with E-state index >= 15 is 0 Å². The summed E-state index contributed by atoms with van der Waals surface area (Å²) in [5, 5.41) is 0. The highest BCUT2D eigenvalue weighted by Gasteiger charge is 2.61. The van der Waals surface area contributed by atoms with Gasteiger partial charge >= 0.3 is 0 Å². The minimum atomic E-state index is 0.177. The highest BCUT2D eigenvalue weighted by atomic mass is 127. The van der Waals surface area contributed by atoms with Crippen molar-refractivity contribution in [2.24, 2.45) is 23.7 Å². The van der Waals surface area contributed by atoms with E-state index in [2.05, 4.69) is 50.6 Å². The summed E-state index contributed by atoms with van der Waals surface area (Å²) in [7, 11) is 0. The highest BCUT2D eigenvalue weighted by molar-refractivity contribution is 14.2. The van der Waals surface area contributed by atoms with Crippen LogP contribution in [0.1, 0.15) is 37.7 Å². The van der Waals surface area contributed by atoms with Crippen LogP contribution in [0.2, 0.25) is 0 Å². The van der Waals surface area contributed by atoms with Crippen molar-refractivity contribution in [2.45, 2.75) is 37.5 Å². The van der Waals surface area contributed by atoms with Gasteiger partial charge in [-0.3, -0.25) is 0 Å². The molecule has 5 atom stereocenters. The first-order valence-corrected chi connectivity index (χ1v) is 11.3. The molecule has 0 spiro atoms. The lowest BCUT2D eigenvalue weighted by Crippen LogP contribution is -2.40. The van der Waals surface area contributed by atoms with E-state index in [0.717, 1.165) is 23.7 Å². The Bertz CT molecular complexity index is 668. The third kappa shape index (κ3) is 1.78. The quantitative estimate of drug-likeness (QED) is 0.565. The van der Waals surface area contributed by atoms with Gasteiger partial charge in [0.1, 0.15) is 0 Å². The Hall–Kier alpha value is -0.700. The van der Waals surface area contributed by atoms with Crippen LogP contribution in [0.5, 0.6) is 0 Å². The minimum Gasteiger partial charge on any atom is -0.0937 e. The molecule has 1 heterocycles. The molecule has 0 radical (unpaired) electrons. The average molecular weight is 402 g/mol. The Morgan fingerprint density at radius 1 is 1.05 bits per heavy atom. The fraction of sp³-hybridized carbons (Fsp3) is 0.476. The predicted molar refractivity (Wildman–Crippen MR) is 102 cm³/mol. The first-order valence-electron chi connectivity index (χ1n) is 8.77. The van der Waals surface area contributed by atoms with E-state index in [0.29, 0.717) is 5.41 Å². The molecule has 5 rings (SSSR count). The average Bonchev–Trinajstić information content (AvgIpc) is 3.28. The van der Waals surface area contributed by atoms with Gasteiger partial charge in [-0.25, -0.2) is 0 Å². The lowest BCUT2D eigenvalue weighted by molar-refractivity contribution is 0.181. The van der Waals surface area contributed by atoms with Crippen LogP contribution >= 0.6 is 20.7 Å². The number of hydrogen-bond acceptors (Lipinski definition) is 0. The summed E-state index contributed by atoms with van der Waals surface area (Å²) in [6.07, 6.45) is 12.4. The molecule has 4 aliphatic rings. The maximum absolute atomic E-state index is 2.49. The monoisotopic (exact) mass is 402 g/mol. The van der Waals surface area contributed by atoms with Crippen LogP contribution < -0.4 is 0 Å². The molecule has 2 bridgehead atoms. The minimum absolute atomic E-state index is 0.177. The molecule has 1 aromatic rings. The van der Waals surface area contributed by atoms with Crippen LogP contribution in [0.3, 0.4) is 0 Å². The number of rotatable bonds is 2. The first-order chi connectivity index (χ1) is 10.9. The molecule has 1 aliphatic heterocycles. The summed E-state index contributed by atoms with van der Waals surface area (Å²) in [4.78, 5) is 0. The van der Waals surface area contributed by atoms with Gasteiger partial charge in [-0.2, -0.15) is 0 Å². The van der Waals surface area contributed by atoms with Crippen molar-refractivity contribution >= 4 is 24.7 Å². The van der Waals surface area contributed by atoms with Crippen molar-refractivity contribution in [3.05, 3.63) is 57.7 Å². The fourth-order valence-corrected chi connectivity index (χ4v) is 7.74. The summed E-state index contributed by atoms with van der Waals surface area (Å²) in [6, 6.07) is 11.5. The largest absolute Gasteiger partial charge is 0.0937 e. The zero-order valence-corrected chi connectivity index (χ0v) is 15.1. The SMILES string of the molecule is C1=CC(C2(c3ccccc3)CC3CC2C2CCCC32)=CC=I1. The van der Waals surface area contributed by atoms with Crippen molar-refractivity contribution in [2.75, 3.05) is 0 Å². The molecule has 0 aromatic heterocycles. The van der Waals surface area contributed by atoms with Crippen molar-refractivity contribution in [1.29, 1.82) is 0 Å². The van der Waals surface area contributed by atoms with E-state index in [1.165, 1.54) is 32.1 Å². The van der Waals surface area contributed by atoms with E-state index in [9.17, 15) is 0 Å². The number of fused-ring (bicyclic) bond motifs is 5. The van der Waals surface area contributed by atoms with Crippen LogP contribution in [0.15, 0.2) is 52.1 Å². The second-order valence-electron chi connectivity index (χ2n) is 7.57. The molecule has 3 aliphatic carbocycles. The molecular formula is C21H23I. The maximum atomic E-state index is 2.49. The molecule has 1 aromatic carbocycles. The molecule has 0 nitrogen and oxygen atoms in total. The molecule has 3 saturated carbocycles. The molecule has 1 heteroatoms. The second kappa shape index (κ2) is 5.15. The highest BCUT2D eigenvalue weighted by Crippen LogP contribution is 2.68. The van der Waals surface area contributed by atoms with Gasteiger partial charge in [0.25, 0.3) is 0 Å². The standard InChI is InChI=1S/C21H23I/c1-2-5-16(6-3-1)21(17-9-11-22-12-10-17)14-15-13-20(21)19-8-4-7-18(15)19/h1-3,5-6,9-12,15,18-20H,4,7-8,13-14H2. The van der Waals surface area contributed by atoms with E-state index in [-0.39, 0.29) is 20.7 Å². The summed E-state index contributed by atoms with van der Waals surface area (Å²) >= 11 is 0.177. The van der Waals surface area contributed by atoms with Crippen LogP contribution in [0.25, 0.3) is 0 Å². The van der Waals surface area contributed by atoms with Crippen LogP contribution in [0, 0.1) is 23.7 Å². The molecule has 3 fully saturated rings. The lowest BCUT2D eigenvalue weighted by atomic mass is 9.59. The zero-order chi connectivity index (χ0) is 14.6.